The second kappa shape index (κ2) is 7.18. The summed E-state index contributed by atoms with van der Waals surface area (Å²) in [4.78, 5) is 23.4. The zero-order chi connectivity index (χ0) is 18.0. The van der Waals surface area contributed by atoms with Crippen LogP contribution in [0.2, 0.25) is 0 Å². The molecule has 1 aliphatic heterocycles. The molecular formula is C17H22N4O4. The van der Waals surface area contributed by atoms with Crippen molar-refractivity contribution in [3.8, 4) is 5.88 Å². The molecule has 1 amide bonds. The molecule has 0 spiro atoms. The van der Waals surface area contributed by atoms with Gasteiger partial charge in [-0.2, -0.15) is 4.98 Å². The highest BCUT2D eigenvalue weighted by Gasteiger charge is 2.39. The van der Waals surface area contributed by atoms with Gasteiger partial charge in [0, 0.05) is 12.7 Å². The molecule has 0 unspecified atom stereocenters. The van der Waals surface area contributed by atoms with Gasteiger partial charge in [-0.3, -0.25) is 4.79 Å². The van der Waals surface area contributed by atoms with Crippen LogP contribution in [-0.4, -0.2) is 51.3 Å². The molecule has 8 heteroatoms. The van der Waals surface area contributed by atoms with E-state index in [1.807, 2.05) is 20.8 Å². The number of nitrogens with zero attached hydrogens (tertiary/aromatic N) is 4. The zero-order valence-corrected chi connectivity index (χ0v) is 14.8. The summed E-state index contributed by atoms with van der Waals surface area (Å²) in [6.45, 7) is 8.28. The van der Waals surface area contributed by atoms with Gasteiger partial charge in [0.1, 0.15) is 11.6 Å². The van der Waals surface area contributed by atoms with Crippen molar-refractivity contribution in [1.29, 1.82) is 0 Å². The highest BCUT2D eigenvalue weighted by molar-refractivity contribution is 5.96. The lowest BCUT2D eigenvalue weighted by atomic mass is 10.1. The van der Waals surface area contributed by atoms with E-state index in [0.29, 0.717) is 36.3 Å². The third kappa shape index (κ3) is 3.63. The predicted molar refractivity (Wildman–Crippen MR) is 88.2 cm³/mol. The summed E-state index contributed by atoms with van der Waals surface area (Å²) in [5.41, 5.74) is 0.409. The number of aryl methyl sites for hydroxylation is 1. The van der Waals surface area contributed by atoms with E-state index in [-0.39, 0.29) is 18.1 Å². The summed E-state index contributed by atoms with van der Waals surface area (Å²) in [5, 5.41) is 3.83. The number of morpholine rings is 1. The first kappa shape index (κ1) is 17.3. The lowest BCUT2D eigenvalue weighted by Gasteiger charge is -2.37. The Balaban J connectivity index is 1.94. The van der Waals surface area contributed by atoms with Crippen LogP contribution in [-0.2, 0) is 4.74 Å². The molecule has 0 aromatic carbocycles. The quantitative estimate of drug-likeness (QED) is 0.838. The highest BCUT2D eigenvalue weighted by Crippen LogP contribution is 2.31. The molecule has 2 aromatic rings. The van der Waals surface area contributed by atoms with Crippen LogP contribution in [0.4, 0.5) is 0 Å². The summed E-state index contributed by atoms with van der Waals surface area (Å²) in [6, 6.07) is 2.98. The standard InChI is InChI=1S/C17H22N4O4/c1-10(2)24-15-13(6-5-7-18-15)17(22)21-8-9-23-11(3)14(21)16-19-12(4)20-25-16/h5-7,10-11,14H,8-9H2,1-4H3/t11-,14+/m1/s1. The van der Waals surface area contributed by atoms with E-state index >= 15 is 0 Å². The minimum absolute atomic E-state index is 0.0838. The van der Waals surface area contributed by atoms with Crippen molar-refractivity contribution >= 4 is 5.91 Å². The second-order valence-electron chi connectivity index (χ2n) is 6.22. The van der Waals surface area contributed by atoms with Gasteiger partial charge in [-0.25, -0.2) is 4.98 Å². The first-order valence-electron chi connectivity index (χ1n) is 8.32. The summed E-state index contributed by atoms with van der Waals surface area (Å²) in [5.74, 6) is 1.01. The second-order valence-corrected chi connectivity index (χ2v) is 6.22. The lowest BCUT2D eigenvalue weighted by Crippen LogP contribution is -2.47. The average Bonchev–Trinajstić information content (AvgIpc) is 3.00. The summed E-state index contributed by atoms with van der Waals surface area (Å²) in [7, 11) is 0. The minimum atomic E-state index is -0.449. The molecule has 0 radical (unpaired) electrons. The van der Waals surface area contributed by atoms with Crippen molar-refractivity contribution in [3.63, 3.8) is 0 Å². The predicted octanol–water partition coefficient (Wildman–Crippen LogP) is 2.16. The van der Waals surface area contributed by atoms with Crippen molar-refractivity contribution in [2.75, 3.05) is 13.2 Å². The fourth-order valence-electron chi connectivity index (χ4n) is 2.84. The van der Waals surface area contributed by atoms with Gasteiger partial charge in [-0.1, -0.05) is 5.16 Å². The Hall–Kier alpha value is -2.48. The van der Waals surface area contributed by atoms with Gasteiger partial charge in [0.15, 0.2) is 5.82 Å². The number of pyridine rings is 1. The van der Waals surface area contributed by atoms with Crippen LogP contribution in [0.1, 0.15) is 48.9 Å². The average molecular weight is 346 g/mol. The normalized spacial score (nSPS) is 20.8. The first-order valence-corrected chi connectivity index (χ1v) is 8.32. The van der Waals surface area contributed by atoms with E-state index < -0.39 is 6.04 Å². The van der Waals surface area contributed by atoms with Crippen molar-refractivity contribution in [1.82, 2.24) is 20.0 Å². The van der Waals surface area contributed by atoms with Gasteiger partial charge in [0.2, 0.25) is 5.88 Å². The molecule has 1 aliphatic rings. The third-order valence-electron chi connectivity index (χ3n) is 3.90. The zero-order valence-electron chi connectivity index (χ0n) is 14.8. The van der Waals surface area contributed by atoms with Gasteiger partial charge in [-0.05, 0) is 39.8 Å². The third-order valence-corrected chi connectivity index (χ3v) is 3.90. The molecule has 2 atom stereocenters. The summed E-state index contributed by atoms with van der Waals surface area (Å²) >= 11 is 0. The van der Waals surface area contributed by atoms with E-state index in [2.05, 4.69) is 15.1 Å². The largest absolute Gasteiger partial charge is 0.474 e. The van der Waals surface area contributed by atoms with Crippen LogP contribution in [0, 0.1) is 6.92 Å². The maximum Gasteiger partial charge on any atom is 0.260 e. The molecule has 8 nitrogen and oxygen atoms in total. The highest BCUT2D eigenvalue weighted by atomic mass is 16.5. The van der Waals surface area contributed by atoms with Crippen molar-refractivity contribution in [2.24, 2.45) is 0 Å². The molecular weight excluding hydrogens is 324 g/mol. The van der Waals surface area contributed by atoms with Gasteiger partial charge < -0.3 is 18.9 Å². The van der Waals surface area contributed by atoms with Crippen LogP contribution < -0.4 is 4.74 Å². The topological polar surface area (TPSA) is 90.6 Å². The maximum atomic E-state index is 13.2. The minimum Gasteiger partial charge on any atom is -0.474 e. The van der Waals surface area contributed by atoms with E-state index in [1.54, 1.807) is 30.2 Å². The number of hydrogen-bond donors (Lipinski definition) is 0. The first-order chi connectivity index (χ1) is 12.0. The number of aromatic nitrogens is 3. The van der Waals surface area contributed by atoms with Crippen LogP contribution in [0.15, 0.2) is 22.9 Å². The Morgan fingerprint density at radius 1 is 1.44 bits per heavy atom. The van der Waals surface area contributed by atoms with Crippen LogP contribution in [0.3, 0.4) is 0 Å². The fourth-order valence-corrected chi connectivity index (χ4v) is 2.84. The van der Waals surface area contributed by atoms with Gasteiger partial charge in [0.25, 0.3) is 11.8 Å². The molecule has 134 valence electrons. The summed E-state index contributed by atoms with van der Waals surface area (Å²) in [6.07, 6.45) is 1.26. The van der Waals surface area contributed by atoms with Gasteiger partial charge >= 0.3 is 0 Å². The van der Waals surface area contributed by atoms with Crippen molar-refractivity contribution < 1.29 is 18.8 Å². The number of rotatable bonds is 4. The molecule has 0 bridgehead atoms. The fraction of sp³-hybridized carbons (Fsp3) is 0.529. The van der Waals surface area contributed by atoms with E-state index in [1.165, 1.54) is 0 Å². The molecule has 1 saturated heterocycles. The number of carbonyl (C=O) groups is 1. The number of ether oxygens (including phenoxy) is 2. The SMILES string of the molecule is Cc1noc([C@@H]2[C@@H](C)OCCN2C(=O)c2cccnc2OC(C)C)n1. The van der Waals surface area contributed by atoms with Crippen LogP contribution in [0.5, 0.6) is 5.88 Å². The Morgan fingerprint density at radius 3 is 2.92 bits per heavy atom. The maximum absolute atomic E-state index is 13.2. The van der Waals surface area contributed by atoms with Crippen molar-refractivity contribution in [3.05, 3.63) is 35.6 Å². The smallest absolute Gasteiger partial charge is 0.260 e. The van der Waals surface area contributed by atoms with E-state index in [9.17, 15) is 4.79 Å². The Morgan fingerprint density at radius 2 is 2.24 bits per heavy atom. The van der Waals surface area contributed by atoms with E-state index in [4.69, 9.17) is 14.0 Å². The molecule has 3 rings (SSSR count). The lowest BCUT2D eigenvalue weighted by molar-refractivity contribution is -0.0601. The number of carbonyl (C=O) groups excluding carboxylic acids is 1. The van der Waals surface area contributed by atoms with Crippen molar-refractivity contribution in [2.45, 2.75) is 45.9 Å². The molecule has 2 aromatic heterocycles. The van der Waals surface area contributed by atoms with Crippen LogP contribution >= 0.6 is 0 Å². The van der Waals surface area contributed by atoms with Gasteiger partial charge in [-0.15, -0.1) is 0 Å². The summed E-state index contributed by atoms with van der Waals surface area (Å²) < 4.78 is 16.7. The number of hydrogen-bond acceptors (Lipinski definition) is 7. The molecule has 25 heavy (non-hydrogen) atoms. The molecule has 0 aliphatic carbocycles. The Bertz CT molecular complexity index is 746. The van der Waals surface area contributed by atoms with E-state index in [0.717, 1.165) is 0 Å². The molecule has 0 saturated carbocycles. The van der Waals surface area contributed by atoms with Gasteiger partial charge in [0.05, 0.1) is 18.8 Å². The Kier molecular flexibility index (Phi) is 4.98. The Labute approximate surface area is 146 Å². The number of amides is 1. The monoisotopic (exact) mass is 346 g/mol. The van der Waals surface area contributed by atoms with Crippen LogP contribution in [0.25, 0.3) is 0 Å². The molecule has 1 fully saturated rings. The molecule has 0 N–H and O–H groups in total. The molecule has 3 heterocycles.